The Bertz CT molecular complexity index is 1020. The fraction of sp³-hybridized carbons (Fsp3) is 0.227. The van der Waals surface area contributed by atoms with Crippen LogP contribution >= 0.6 is 0 Å². The molecule has 2 heterocycles. The van der Waals surface area contributed by atoms with Crippen molar-refractivity contribution in [2.45, 2.75) is 12.5 Å². The summed E-state index contributed by atoms with van der Waals surface area (Å²) in [6, 6.07) is 11.1. The van der Waals surface area contributed by atoms with Gasteiger partial charge in [-0.3, -0.25) is 14.8 Å². The van der Waals surface area contributed by atoms with Crippen molar-refractivity contribution < 1.29 is 19.0 Å². The summed E-state index contributed by atoms with van der Waals surface area (Å²) < 4.78 is 16.5. The summed E-state index contributed by atoms with van der Waals surface area (Å²) in [6.07, 6.45) is 5.62. The highest BCUT2D eigenvalue weighted by Crippen LogP contribution is 2.32. The lowest BCUT2D eigenvalue weighted by atomic mass is 10.0. The number of nitrogens with zero attached hydrogens (tertiary/aromatic N) is 2. The molecule has 0 fully saturated rings. The van der Waals surface area contributed by atoms with E-state index in [0.717, 1.165) is 22.6 Å². The molecule has 7 nitrogen and oxygen atoms in total. The molecular formula is C22H21N3O4. The normalized spacial score (nSPS) is 14.6. The number of ether oxygens (including phenoxy) is 3. The van der Waals surface area contributed by atoms with Crippen LogP contribution < -0.4 is 19.5 Å². The van der Waals surface area contributed by atoms with E-state index in [-0.39, 0.29) is 12.0 Å². The minimum absolute atomic E-state index is 0.136. The highest BCUT2D eigenvalue weighted by molar-refractivity contribution is 5.97. The summed E-state index contributed by atoms with van der Waals surface area (Å²) in [6.45, 7) is 0.383. The van der Waals surface area contributed by atoms with Crippen molar-refractivity contribution in [3.8, 4) is 28.5 Å². The average Bonchev–Trinajstić information content (AvgIpc) is 3.19. The van der Waals surface area contributed by atoms with Crippen molar-refractivity contribution in [3.05, 3.63) is 66.1 Å². The first-order chi connectivity index (χ1) is 14.2. The van der Waals surface area contributed by atoms with Crippen LogP contribution in [0.1, 0.15) is 15.9 Å². The van der Waals surface area contributed by atoms with E-state index in [1.165, 1.54) is 7.11 Å². The first-order valence-electron chi connectivity index (χ1n) is 9.24. The number of aromatic nitrogens is 2. The molecule has 0 bridgehead atoms. The molecule has 2 aromatic carbocycles. The van der Waals surface area contributed by atoms with Gasteiger partial charge in [0.15, 0.2) is 0 Å². The Balaban J connectivity index is 1.42. The molecule has 1 aromatic heterocycles. The number of methoxy groups -OCH3 is 2. The van der Waals surface area contributed by atoms with Gasteiger partial charge in [-0.15, -0.1) is 0 Å². The van der Waals surface area contributed by atoms with Gasteiger partial charge in [0.05, 0.1) is 38.2 Å². The predicted octanol–water partition coefficient (Wildman–Crippen LogP) is 2.89. The van der Waals surface area contributed by atoms with Crippen LogP contribution in [-0.4, -0.2) is 42.7 Å². The summed E-state index contributed by atoms with van der Waals surface area (Å²) in [4.78, 5) is 21.1. The van der Waals surface area contributed by atoms with Crippen molar-refractivity contribution in [1.29, 1.82) is 0 Å². The molecule has 1 aliphatic heterocycles. The van der Waals surface area contributed by atoms with Gasteiger partial charge in [0, 0.05) is 24.4 Å². The second-order valence-electron chi connectivity index (χ2n) is 6.63. The molecule has 1 N–H and O–H groups in total. The van der Waals surface area contributed by atoms with E-state index in [4.69, 9.17) is 14.2 Å². The Hall–Kier alpha value is -3.61. The minimum Gasteiger partial charge on any atom is -0.497 e. The van der Waals surface area contributed by atoms with E-state index in [1.54, 1.807) is 43.9 Å². The molecule has 0 unspecified atom stereocenters. The summed E-state index contributed by atoms with van der Waals surface area (Å²) in [7, 11) is 3.09. The highest BCUT2D eigenvalue weighted by atomic mass is 16.5. The second kappa shape index (κ2) is 8.18. The molecule has 29 heavy (non-hydrogen) atoms. The van der Waals surface area contributed by atoms with Crippen LogP contribution in [-0.2, 0) is 6.42 Å². The van der Waals surface area contributed by atoms with Crippen LogP contribution in [0.2, 0.25) is 0 Å². The molecule has 7 heteroatoms. The third kappa shape index (κ3) is 3.99. The lowest BCUT2D eigenvalue weighted by Gasteiger charge is -2.14. The van der Waals surface area contributed by atoms with Crippen molar-refractivity contribution >= 4 is 5.91 Å². The molecule has 0 aliphatic carbocycles. The van der Waals surface area contributed by atoms with E-state index in [1.807, 2.05) is 12.1 Å². The number of hydrogen-bond donors (Lipinski definition) is 1. The van der Waals surface area contributed by atoms with Gasteiger partial charge in [-0.05, 0) is 42.0 Å². The van der Waals surface area contributed by atoms with E-state index in [0.29, 0.717) is 30.0 Å². The van der Waals surface area contributed by atoms with Crippen LogP contribution in [0.15, 0.2) is 55.0 Å². The van der Waals surface area contributed by atoms with Crippen molar-refractivity contribution in [2.75, 3.05) is 20.8 Å². The third-order valence-electron chi connectivity index (χ3n) is 4.80. The quantitative estimate of drug-likeness (QED) is 0.696. The zero-order chi connectivity index (χ0) is 20.2. The molecule has 0 saturated heterocycles. The van der Waals surface area contributed by atoms with E-state index in [9.17, 15) is 4.79 Å². The number of hydrogen-bond acceptors (Lipinski definition) is 6. The third-order valence-corrected chi connectivity index (χ3v) is 4.80. The van der Waals surface area contributed by atoms with Gasteiger partial charge in [0.2, 0.25) is 0 Å². The Labute approximate surface area is 168 Å². The number of benzene rings is 2. The first-order valence-corrected chi connectivity index (χ1v) is 9.24. The van der Waals surface area contributed by atoms with Crippen molar-refractivity contribution in [3.63, 3.8) is 0 Å². The van der Waals surface area contributed by atoms with Crippen LogP contribution in [0.3, 0.4) is 0 Å². The lowest BCUT2D eigenvalue weighted by Crippen LogP contribution is -2.34. The predicted molar refractivity (Wildman–Crippen MR) is 107 cm³/mol. The van der Waals surface area contributed by atoms with Crippen LogP contribution in [0.5, 0.6) is 17.2 Å². The molecule has 1 aliphatic rings. The van der Waals surface area contributed by atoms with Gasteiger partial charge < -0.3 is 19.5 Å². The van der Waals surface area contributed by atoms with Gasteiger partial charge in [-0.25, -0.2) is 0 Å². The second-order valence-corrected chi connectivity index (χ2v) is 6.63. The van der Waals surface area contributed by atoms with E-state index < -0.39 is 0 Å². The monoisotopic (exact) mass is 391 g/mol. The molecule has 1 atom stereocenters. The minimum atomic E-state index is -0.236. The smallest absolute Gasteiger partial charge is 0.255 e. The standard InChI is InChI=1S/C22H21N3O4/c1-27-16-4-6-21(28-2)18(11-16)22(26)25-12-17-10-15-9-14(3-5-20(15)29-17)19-13-23-7-8-24-19/h3-9,11,13,17H,10,12H2,1-2H3,(H,25,26)/t17-/m1/s1. The van der Waals surface area contributed by atoms with Crippen molar-refractivity contribution in [2.24, 2.45) is 0 Å². The fourth-order valence-electron chi connectivity index (χ4n) is 3.34. The highest BCUT2D eigenvalue weighted by Gasteiger charge is 2.24. The number of carbonyl (C=O) groups excluding carboxylic acids is 1. The Morgan fingerprint density at radius 3 is 2.83 bits per heavy atom. The number of rotatable bonds is 6. The SMILES string of the molecule is COc1ccc(OC)c(C(=O)NC[C@H]2Cc3cc(-c4cnccn4)ccc3O2)c1. The summed E-state index contributed by atoms with van der Waals surface area (Å²) in [5.74, 6) is 1.68. The Kier molecular flexibility index (Phi) is 5.29. The van der Waals surface area contributed by atoms with Crippen LogP contribution in [0.25, 0.3) is 11.3 Å². The Morgan fingerprint density at radius 2 is 2.07 bits per heavy atom. The molecule has 0 saturated carbocycles. The maximum Gasteiger partial charge on any atom is 0.255 e. The molecule has 0 spiro atoms. The van der Waals surface area contributed by atoms with Gasteiger partial charge in [0.1, 0.15) is 23.4 Å². The van der Waals surface area contributed by atoms with Gasteiger partial charge in [-0.1, -0.05) is 0 Å². The zero-order valence-electron chi connectivity index (χ0n) is 16.2. The van der Waals surface area contributed by atoms with Gasteiger partial charge in [0.25, 0.3) is 5.91 Å². The van der Waals surface area contributed by atoms with Crippen LogP contribution in [0.4, 0.5) is 0 Å². The molecule has 0 radical (unpaired) electrons. The topological polar surface area (TPSA) is 82.6 Å². The maximum atomic E-state index is 12.6. The van der Waals surface area contributed by atoms with Crippen LogP contribution in [0, 0.1) is 0 Å². The van der Waals surface area contributed by atoms with E-state index in [2.05, 4.69) is 21.4 Å². The average molecular weight is 391 g/mol. The number of fused-ring (bicyclic) bond motifs is 1. The zero-order valence-corrected chi connectivity index (χ0v) is 16.2. The van der Waals surface area contributed by atoms with Gasteiger partial charge >= 0.3 is 0 Å². The van der Waals surface area contributed by atoms with Crippen molar-refractivity contribution in [1.82, 2.24) is 15.3 Å². The first kappa shape index (κ1) is 18.7. The molecule has 4 rings (SSSR count). The number of amides is 1. The fourth-order valence-corrected chi connectivity index (χ4v) is 3.34. The Morgan fingerprint density at radius 1 is 1.17 bits per heavy atom. The number of nitrogens with one attached hydrogen (secondary N) is 1. The number of carbonyl (C=O) groups is 1. The maximum absolute atomic E-state index is 12.6. The summed E-state index contributed by atoms with van der Waals surface area (Å²) in [5.41, 5.74) is 3.32. The lowest BCUT2D eigenvalue weighted by molar-refractivity contribution is 0.0930. The largest absolute Gasteiger partial charge is 0.497 e. The molecule has 3 aromatic rings. The molecule has 1 amide bonds. The molecular weight excluding hydrogens is 370 g/mol. The summed E-state index contributed by atoms with van der Waals surface area (Å²) in [5, 5.41) is 2.93. The molecule has 148 valence electrons. The van der Waals surface area contributed by atoms with Gasteiger partial charge in [-0.2, -0.15) is 0 Å². The summed E-state index contributed by atoms with van der Waals surface area (Å²) >= 11 is 0. The van der Waals surface area contributed by atoms with E-state index >= 15 is 0 Å².